The number of hydrogen-bond donors (Lipinski definition) is 0. The van der Waals surface area contributed by atoms with Gasteiger partial charge in [-0.3, -0.25) is 4.79 Å². The molecule has 1 aliphatic rings. The molecule has 1 aliphatic heterocycles. The van der Waals surface area contributed by atoms with E-state index in [4.69, 9.17) is 0 Å². The summed E-state index contributed by atoms with van der Waals surface area (Å²) in [5.41, 5.74) is 3.09. The average molecular weight is 405 g/mol. The average Bonchev–Trinajstić information content (AvgIpc) is 3.13. The third kappa shape index (κ3) is 4.06. The van der Waals surface area contributed by atoms with Gasteiger partial charge >= 0.3 is 0 Å². The fourth-order valence-corrected chi connectivity index (χ4v) is 4.08. The summed E-state index contributed by atoms with van der Waals surface area (Å²) in [5.74, 6) is 1.70. The lowest BCUT2D eigenvalue weighted by molar-refractivity contribution is -0.133. The Labute approximate surface area is 177 Å². The molecule has 0 saturated carbocycles. The highest BCUT2D eigenvalue weighted by Crippen LogP contribution is 2.23. The molecule has 1 aromatic carbocycles. The molecule has 0 aliphatic carbocycles. The third-order valence-corrected chi connectivity index (χ3v) is 5.69. The minimum absolute atomic E-state index is 0.0717. The molecule has 2 aromatic heterocycles. The van der Waals surface area contributed by atoms with Crippen molar-refractivity contribution in [1.82, 2.24) is 24.9 Å². The molecule has 0 bridgehead atoms. The Hall–Kier alpha value is -3.22. The van der Waals surface area contributed by atoms with Gasteiger partial charge < -0.3 is 9.80 Å². The Kier molecular flexibility index (Phi) is 5.79. The molecule has 0 radical (unpaired) electrons. The summed E-state index contributed by atoms with van der Waals surface area (Å²) in [6.45, 7) is 8.95. The van der Waals surface area contributed by atoms with E-state index in [0.29, 0.717) is 18.9 Å². The van der Waals surface area contributed by atoms with E-state index in [2.05, 4.69) is 27.1 Å². The fourth-order valence-electron chi connectivity index (χ4n) is 4.08. The summed E-state index contributed by atoms with van der Waals surface area (Å²) >= 11 is 0. The maximum absolute atomic E-state index is 13.1. The van der Waals surface area contributed by atoms with Crippen LogP contribution in [0.3, 0.4) is 0 Å². The lowest BCUT2D eigenvalue weighted by atomic mass is 9.95. The summed E-state index contributed by atoms with van der Waals surface area (Å²) in [4.78, 5) is 17.2. The maximum Gasteiger partial charge on any atom is 0.230 e. The van der Waals surface area contributed by atoms with Gasteiger partial charge in [0, 0.05) is 31.9 Å². The minimum Gasteiger partial charge on any atom is -0.352 e. The van der Waals surface area contributed by atoms with Crippen LogP contribution in [0.1, 0.15) is 36.2 Å². The molecule has 0 spiro atoms. The molecular weight excluding hydrogens is 376 g/mol. The van der Waals surface area contributed by atoms with Gasteiger partial charge in [0.2, 0.25) is 5.91 Å². The molecule has 156 valence electrons. The van der Waals surface area contributed by atoms with E-state index < -0.39 is 0 Å². The third-order valence-electron chi connectivity index (χ3n) is 5.69. The van der Waals surface area contributed by atoms with Crippen LogP contribution in [0, 0.1) is 13.8 Å². The molecule has 3 heterocycles. The highest BCUT2D eigenvalue weighted by molar-refractivity contribution is 5.84. The smallest absolute Gasteiger partial charge is 0.230 e. The lowest BCUT2D eigenvalue weighted by Gasteiger charge is -2.36. The van der Waals surface area contributed by atoms with Crippen molar-refractivity contribution in [2.24, 2.45) is 0 Å². The molecule has 1 saturated heterocycles. The number of carbonyl (C=O) groups excluding carboxylic acids is 1. The second-order valence-electron chi connectivity index (χ2n) is 7.77. The first kappa shape index (κ1) is 20.1. The minimum atomic E-state index is -0.0717. The molecule has 0 N–H and O–H groups in total. The van der Waals surface area contributed by atoms with Gasteiger partial charge in [-0.15, -0.1) is 10.2 Å². The predicted molar refractivity (Wildman–Crippen MR) is 117 cm³/mol. The molecule has 1 unspecified atom stereocenters. The van der Waals surface area contributed by atoms with Crippen LogP contribution in [0.4, 0.5) is 5.82 Å². The number of piperazine rings is 1. The van der Waals surface area contributed by atoms with Crippen LogP contribution in [0.25, 0.3) is 5.82 Å². The molecular formula is C23H28N6O. The summed E-state index contributed by atoms with van der Waals surface area (Å²) in [7, 11) is 0. The van der Waals surface area contributed by atoms with Crippen LogP contribution in [0.15, 0.2) is 48.5 Å². The SMILES string of the molecule is CCC(C(=O)N1CCN(c2ccc(-n3nc(C)cc3C)nn2)CC1)c1ccccc1. The number of anilines is 1. The predicted octanol–water partition coefficient (Wildman–Crippen LogP) is 3.12. The first-order valence-electron chi connectivity index (χ1n) is 10.5. The topological polar surface area (TPSA) is 67.2 Å². The number of nitrogens with zero attached hydrogens (tertiary/aromatic N) is 6. The van der Waals surface area contributed by atoms with Crippen molar-refractivity contribution < 1.29 is 4.79 Å². The number of hydrogen-bond acceptors (Lipinski definition) is 5. The van der Waals surface area contributed by atoms with Crippen molar-refractivity contribution in [3.05, 3.63) is 65.5 Å². The molecule has 30 heavy (non-hydrogen) atoms. The van der Waals surface area contributed by atoms with Gasteiger partial charge in [-0.2, -0.15) is 5.10 Å². The van der Waals surface area contributed by atoms with E-state index >= 15 is 0 Å². The van der Waals surface area contributed by atoms with Crippen LogP contribution >= 0.6 is 0 Å². The van der Waals surface area contributed by atoms with Gasteiger partial charge in [-0.25, -0.2) is 4.68 Å². The Bertz CT molecular complexity index is 990. The number of rotatable bonds is 5. The summed E-state index contributed by atoms with van der Waals surface area (Å²) in [6, 6.07) is 16.0. The highest BCUT2D eigenvalue weighted by atomic mass is 16.2. The van der Waals surface area contributed by atoms with Crippen LogP contribution < -0.4 is 4.90 Å². The molecule has 4 rings (SSSR count). The molecule has 3 aromatic rings. The largest absolute Gasteiger partial charge is 0.352 e. The Balaban J connectivity index is 1.39. The van der Waals surface area contributed by atoms with E-state index in [1.165, 1.54) is 0 Å². The van der Waals surface area contributed by atoms with E-state index in [9.17, 15) is 4.79 Å². The van der Waals surface area contributed by atoms with Crippen molar-refractivity contribution in [1.29, 1.82) is 0 Å². The van der Waals surface area contributed by atoms with Crippen LogP contribution in [0.5, 0.6) is 0 Å². The Morgan fingerprint density at radius 3 is 2.20 bits per heavy atom. The summed E-state index contributed by atoms with van der Waals surface area (Å²) in [5, 5.41) is 13.2. The van der Waals surface area contributed by atoms with Gasteiger partial charge in [0.1, 0.15) is 0 Å². The zero-order valence-electron chi connectivity index (χ0n) is 17.8. The maximum atomic E-state index is 13.1. The molecule has 7 nitrogen and oxygen atoms in total. The van der Waals surface area contributed by atoms with Crippen LogP contribution in [-0.4, -0.2) is 57.0 Å². The van der Waals surface area contributed by atoms with Crippen LogP contribution in [-0.2, 0) is 4.79 Å². The Morgan fingerprint density at radius 2 is 1.63 bits per heavy atom. The zero-order chi connectivity index (χ0) is 21.1. The first-order valence-corrected chi connectivity index (χ1v) is 10.5. The summed E-state index contributed by atoms with van der Waals surface area (Å²) < 4.78 is 1.80. The van der Waals surface area contributed by atoms with Gasteiger partial charge in [0.15, 0.2) is 11.6 Å². The number of benzene rings is 1. The van der Waals surface area contributed by atoms with Crippen LogP contribution in [0.2, 0.25) is 0 Å². The van der Waals surface area contributed by atoms with Crippen molar-refractivity contribution in [3.8, 4) is 5.82 Å². The zero-order valence-corrected chi connectivity index (χ0v) is 17.8. The second kappa shape index (κ2) is 8.65. The normalized spacial score (nSPS) is 15.3. The second-order valence-corrected chi connectivity index (χ2v) is 7.77. The first-order chi connectivity index (χ1) is 14.6. The quantitative estimate of drug-likeness (QED) is 0.654. The fraction of sp³-hybridized carbons (Fsp3) is 0.391. The number of carbonyl (C=O) groups is 1. The standard InChI is InChI=1S/C23H28N6O/c1-4-20(19-8-6-5-7-9-19)23(30)28-14-12-27(13-15-28)21-10-11-22(25-24-21)29-18(3)16-17(2)26-29/h5-11,16,20H,4,12-15H2,1-3H3. The molecule has 1 atom stereocenters. The van der Waals surface area contributed by atoms with Gasteiger partial charge in [-0.05, 0) is 44.0 Å². The van der Waals surface area contributed by atoms with E-state index in [1.807, 2.05) is 67.3 Å². The van der Waals surface area contributed by atoms with Gasteiger partial charge in [0.05, 0.1) is 11.6 Å². The lowest BCUT2D eigenvalue weighted by Crippen LogP contribution is -2.50. The molecule has 7 heteroatoms. The molecule has 1 amide bonds. The van der Waals surface area contributed by atoms with E-state index in [-0.39, 0.29) is 11.8 Å². The Morgan fingerprint density at radius 1 is 0.967 bits per heavy atom. The van der Waals surface area contributed by atoms with E-state index in [0.717, 1.165) is 42.3 Å². The van der Waals surface area contributed by atoms with Gasteiger partial charge in [0.25, 0.3) is 0 Å². The van der Waals surface area contributed by atoms with Crippen molar-refractivity contribution >= 4 is 11.7 Å². The van der Waals surface area contributed by atoms with Crippen molar-refractivity contribution in [2.75, 3.05) is 31.1 Å². The van der Waals surface area contributed by atoms with Crippen molar-refractivity contribution in [2.45, 2.75) is 33.1 Å². The summed E-state index contributed by atoms with van der Waals surface area (Å²) in [6.07, 6.45) is 0.808. The number of amides is 1. The monoisotopic (exact) mass is 404 g/mol. The number of aromatic nitrogens is 4. The van der Waals surface area contributed by atoms with Crippen molar-refractivity contribution in [3.63, 3.8) is 0 Å². The van der Waals surface area contributed by atoms with E-state index in [1.54, 1.807) is 4.68 Å². The number of aryl methyl sites for hydroxylation is 2. The highest BCUT2D eigenvalue weighted by Gasteiger charge is 2.28. The van der Waals surface area contributed by atoms with Gasteiger partial charge in [-0.1, -0.05) is 37.3 Å². The molecule has 1 fully saturated rings.